The van der Waals surface area contributed by atoms with Crippen LogP contribution in [0.2, 0.25) is 0 Å². The molecule has 4 nitrogen and oxygen atoms in total. The van der Waals surface area contributed by atoms with Crippen molar-refractivity contribution >= 4 is 10.0 Å². The van der Waals surface area contributed by atoms with E-state index in [0.717, 1.165) is 16.4 Å². The van der Waals surface area contributed by atoms with Crippen LogP contribution < -0.4 is 5.73 Å². The van der Waals surface area contributed by atoms with Crippen molar-refractivity contribution in [2.45, 2.75) is 24.3 Å². The number of hydrogen-bond donors (Lipinski definition) is 1. The fourth-order valence-corrected chi connectivity index (χ4v) is 3.00. The molecule has 0 fully saturated rings. The highest BCUT2D eigenvalue weighted by atomic mass is 32.2. The Balaban J connectivity index is 3.12. The van der Waals surface area contributed by atoms with E-state index in [0.29, 0.717) is 12.8 Å². The number of sulfonamides is 1. The zero-order valence-electron chi connectivity index (χ0n) is 11.3. The molecule has 7 heteroatoms. The van der Waals surface area contributed by atoms with Crippen LogP contribution in [0.4, 0.5) is 8.78 Å². The second-order valence-electron chi connectivity index (χ2n) is 4.30. The van der Waals surface area contributed by atoms with E-state index in [1.807, 2.05) is 0 Å². The summed E-state index contributed by atoms with van der Waals surface area (Å²) in [4.78, 5) is -0.555. The Morgan fingerprint density at radius 2 is 2.05 bits per heavy atom. The van der Waals surface area contributed by atoms with E-state index < -0.39 is 38.7 Å². The van der Waals surface area contributed by atoms with Crippen molar-refractivity contribution in [1.29, 1.82) is 0 Å². The molecule has 0 unspecified atom stereocenters. The Bertz CT molecular complexity index is 588. The minimum absolute atomic E-state index is 0.225. The molecule has 0 amide bonds. The van der Waals surface area contributed by atoms with Gasteiger partial charge in [0.05, 0.1) is 0 Å². The van der Waals surface area contributed by atoms with Gasteiger partial charge < -0.3 is 5.73 Å². The molecule has 0 aliphatic heterocycles. The molecule has 1 aromatic carbocycles. The molecule has 0 saturated heterocycles. The highest BCUT2D eigenvalue weighted by Gasteiger charge is 2.26. The van der Waals surface area contributed by atoms with Crippen LogP contribution in [-0.4, -0.2) is 26.3 Å². The predicted octanol–water partition coefficient (Wildman–Crippen LogP) is 2.01. The van der Waals surface area contributed by atoms with Gasteiger partial charge in [-0.3, -0.25) is 0 Å². The van der Waals surface area contributed by atoms with Crippen molar-refractivity contribution in [3.05, 3.63) is 42.0 Å². The lowest BCUT2D eigenvalue weighted by Gasteiger charge is -2.18. The Kier molecular flexibility index (Phi) is 5.79. The fourth-order valence-electron chi connectivity index (χ4n) is 1.71. The maximum Gasteiger partial charge on any atom is 0.245 e. The van der Waals surface area contributed by atoms with Crippen molar-refractivity contribution in [2.75, 3.05) is 13.6 Å². The zero-order valence-corrected chi connectivity index (χ0v) is 12.1. The van der Waals surface area contributed by atoms with E-state index in [-0.39, 0.29) is 6.54 Å². The molecular formula is C13H18F2N2O2S. The maximum atomic E-state index is 14.0. The van der Waals surface area contributed by atoms with E-state index in [2.05, 4.69) is 6.58 Å². The molecule has 0 radical (unpaired) electrons. The smallest absolute Gasteiger partial charge is 0.245 e. The van der Waals surface area contributed by atoms with Crippen LogP contribution in [0.1, 0.15) is 18.4 Å². The molecular weight excluding hydrogens is 286 g/mol. The molecule has 0 saturated carbocycles. The summed E-state index contributed by atoms with van der Waals surface area (Å²) >= 11 is 0. The van der Waals surface area contributed by atoms with E-state index in [4.69, 9.17) is 5.73 Å². The highest BCUT2D eigenvalue weighted by molar-refractivity contribution is 7.89. The summed E-state index contributed by atoms with van der Waals surface area (Å²) < 4.78 is 52.8. The van der Waals surface area contributed by atoms with Crippen molar-refractivity contribution < 1.29 is 17.2 Å². The van der Waals surface area contributed by atoms with Crippen LogP contribution in [0.5, 0.6) is 0 Å². The van der Waals surface area contributed by atoms with Gasteiger partial charge in [0.25, 0.3) is 0 Å². The molecule has 0 bridgehead atoms. The van der Waals surface area contributed by atoms with Crippen molar-refractivity contribution in [2.24, 2.45) is 5.73 Å². The highest BCUT2D eigenvalue weighted by Crippen LogP contribution is 2.23. The number of nitrogens with zero attached hydrogens (tertiary/aromatic N) is 1. The van der Waals surface area contributed by atoms with Gasteiger partial charge in [0, 0.05) is 25.7 Å². The van der Waals surface area contributed by atoms with Gasteiger partial charge in [0.15, 0.2) is 5.82 Å². The second-order valence-corrected chi connectivity index (χ2v) is 6.31. The lowest BCUT2D eigenvalue weighted by atomic mass is 10.2. The Hall–Kier alpha value is -1.31. The van der Waals surface area contributed by atoms with E-state index in [9.17, 15) is 17.2 Å². The second kappa shape index (κ2) is 6.92. The van der Waals surface area contributed by atoms with Crippen LogP contribution in [0.25, 0.3) is 0 Å². The molecule has 0 aliphatic rings. The molecule has 0 aromatic heterocycles. The summed E-state index contributed by atoms with van der Waals surface area (Å²) in [5.74, 6) is -1.97. The van der Waals surface area contributed by atoms with Gasteiger partial charge in [-0.05, 0) is 25.0 Å². The lowest BCUT2D eigenvalue weighted by Crippen LogP contribution is -2.29. The SMILES string of the molecule is C=CCCCN(C)S(=O)(=O)c1ccc(F)c(CN)c1F. The summed E-state index contributed by atoms with van der Waals surface area (Å²) in [6.45, 7) is 3.36. The van der Waals surface area contributed by atoms with Gasteiger partial charge in [0.1, 0.15) is 10.7 Å². The van der Waals surface area contributed by atoms with Crippen molar-refractivity contribution in [3.63, 3.8) is 0 Å². The van der Waals surface area contributed by atoms with Gasteiger partial charge in [0.2, 0.25) is 10.0 Å². The summed E-state index contributed by atoms with van der Waals surface area (Å²) in [5.41, 5.74) is 4.81. The van der Waals surface area contributed by atoms with Gasteiger partial charge in [-0.15, -0.1) is 6.58 Å². The molecule has 2 N–H and O–H groups in total. The minimum atomic E-state index is -4.00. The quantitative estimate of drug-likeness (QED) is 0.619. The fraction of sp³-hybridized carbons (Fsp3) is 0.385. The van der Waals surface area contributed by atoms with Crippen LogP contribution in [0.15, 0.2) is 29.7 Å². The van der Waals surface area contributed by atoms with Gasteiger partial charge in [-0.1, -0.05) is 6.08 Å². The van der Waals surface area contributed by atoms with E-state index in [1.54, 1.807) is 6.08 Å². The molecule has 0 aliphatic carbocycles. The van der Waals surface area contributed by atoms with Gasteiger partial charge in [-0.25, -0.2) is 21.5 Å². The van der Waals surface area contributed by atoms with Crippen molar-refractivity contribution in [3.8, 4) is 0 Å². The molecule has 1 rings (SSSR count). The Labute approximate surface area is 117 Å². The number of rotatable bonds is 7. The average molecular weight is 304 g/mol. The van der Waals surface area contributed by atoms with Crippen LogP contribution in [0.3, 0.4) is 0 Å². The van der Waals surface area contributed by atoms with E-state index >= 15 is 0 Å². The third-order valence-electron chi connectivity index (χ3n) is 2.92. The number of allylic oxidation sites excluding steroid dienone is 1. The number of hydrogen-bond acceptors (Lipinski definition) is 3. The molecule has 20 heavy (non-hydrogen) atoms. The predicted molar refractivity (Wildman–Crippen MR) is 73.5 cm³/mol. The van der Waals surface area contributed by atoms with Crippen LogP contribution in [0, 0.1) is 11.6 Å². The number of unbranched alkanes of at least 4 members (excludes halogenated alkanes) is 1. The van der Waals surface area contributed by atoms with Gasteiger partial charge >= 0.3 is 0 Å². The molecule has 0 atom stereocenters. The van der Waals surface area contributed by atoms with Crippen LogP contribution >= 0.6 is 0 Å². The molecule has 0 heterocycles. The normalized spacial score (nSPS) is 11.8. The standard InChI is InChI=1S/C13H18F2N2O2S/c1-3-4-5-8-17(2)20(18,19)12-7-6-11(14)10(9-16)13(12)15/h3,6-7H,1,4-5,8-9,16H2,2H3. The first-order valence-electron chi connectivity index (χ1n) is 6.10. The first kappa shape index (κ1) is 16.7. The number of benzene rings is 1. The Morgan fingerprint density at radius 3 is 2.60 bits per heavy atom. The van der Waals surface area contributed by atoms with Crippen LogP contribution in [-0.2, 0) is 16.6 Å². The minimum Gasteiger partial charge on any atom is -0.326 e. The summed E-state index contributed by atoms with van der Waals surface area (Å²) in [6, 6.07) is 1.83. The topological polar surface area (TPSA) is 63.4 Å². The van der Waals surface area contributed by atoms with Gasteiger partial charge in [-0.2, -0.15) is 0 Å². The average Bonchev–Trinajstić information content (AvgIpc) is 2.39. The van der Waals surface area contributed by atoms with Crippen molar-refractivity contribution in [1.82, 2.24) is 4.31 Å². The maximum absolute atomic E-state index is 14.0. The summed E-state index contributed by atoms with van der Waals surface area (Å²) in [7, 11) is -2.65. The summed E-state index contributed by atoms with van der Waals surface area (Å²) in [6.07, 6.45) is 2.90. The first-order valence-corrected chi connectivity index (χ1v) is 7.54. The molecule has 0 spiro atoms. The lowest BCUT2D eigenvalue weighted by molar-refractivity contribution is 0.453. The van der Waals surface area contributed by atoms with E-state index in [1.165, 1.54) is 7.05 Å². The summed E-state index contributed by atoms with van der Waals surface area (Å²) in [5, 5.41) is 0. The largest absolute Gasteiger partial charge is 0.326 e. The molecule has 1 aromatic rings. The third kappa shape index (κ3) is 3.41. The monoisotopic (exact) mass is 304 g/mol. The number of halogens is 2. The third-order valence-corrected chi connectivity index (χ3v) is 4.80. The Morgan fingerprint density at radius 1 is 1.40 bits per heavy atom. The number of nitrogens with two attached hydrogens (primary N) is 1. The first-order chi connectivity index (χ1) is 9.36. The zero-order chi connectivity index (χ0) is 15.3. The molecule has 112 valence electrons.